The number of nitrogen functional groups attached to an aromatic ring is 1. The Hall–Kier alpha value is -1.65. The summed E-state index contributed by atoms with van der Waals surface area (Å²) in [7, 11) is 0. The Morgan fingerprint density at radius 3 is 2.74 bits per heavy atom. The number of esters is 1. The first-order valence-corrected chi connectivity index (χ1v) is 6.29. The molecule has 4 nitrogen and oxygen atoms in total. The maximum absolute atomic E-state index is 11.6. The summed E-state index contributed by atoms with van der Waals surface area (Å²) in [4.78, 5) is 11.6. The van der Waals surface area contributed by atoms with Crippen LogP contribution in [0.4, 0.5) is 5.69 Å². The van der Waals surface area contributed by atoms with Crippen LogP contribution in [0.15, 0.2) is 28.9 Å². The molecule has 0 amide bonds. The molecule has 0 radical (unpaired) electrons. The van der Waals surface area contributed by atoms with Crippen LogP contribution in [-0.4, -0.2) is 12.6 Å². The number of benzene rings is 1. The number of ether oxygens (including phenoxy) is 1. The SMILES string of the molecule is CCOC(=O)c1occ(-c2ccc(Cl)c(Cl)c2)c1N. The van der Waals surface area contributed by atoms with Gasteiger partial charge in [0.05, 0.1) is 22.3 Å². The molecule has 2 rings (SSSR count). The summed E-state index contributed by atoms with van der Waals surface area (Å²) in [6.07, 6.45) is 1.39. The van der Waals surface area contributed by atoms with Gasteiger partial charge in [-0.2, -0.15) is 0 Å². The molecule has 19 heavy (non-hydrogen) atoms. The first kappa shape index (κ1) is 13.8. The van der Waals surface area contributed by atoms with Crippen LogP contribution in [0.25, 0.3) is 11.1 Å². The Morgan fingerprint density at radius 1 is 1.37 bits per heavy atom. The fourth-order valence-corrected chi connectivity index (χ4v) is 1.91. The minimum atomic E-state index is -0.591. The largest absolute Gasteiger partial charge is 0.460 e. The van der Waals surface area contributed by atoms with E-state index in [-0.39, 0.29) is 18.1 Å². The molecule has 2 aromatic rings. The monoisotopic (exact) mass is 299 g/mol. The van der Waals surface area contributed by atoms with Crippen LogP contribution in [0.2, 0.25) is 10.0 Å². The number of anilines is 1. The van der Waals surface area contributed by atoms with Crippen molar-refractivity contribution in [1.29, 1.82) is 0 Å². The molecule has 100 valence electrons. The van der Waals surface area contributed by atoms with Gasteiger partial charge in [0.25, 0.3) is 0 Å². The van der Waals surface area contributed by atoms with E-state index in [0.717, 1.165) is 0 Å². The van der Waals surface area contributed by atoms with Crippen molar-refractivity contribution in [3.8, 4) is 11.1 Å². The molecular formula is C13H11Cl2NO3. The lowest BCUT2D eigenvalue weighted by Crippen LogP contribution is -2.06. The van der Waals surface area contributed by atoms with Crippen LogP contribution in [-0.2, 0) is 4.74 Å². The summed E-state index contributed by atoms with van der Waals surface area (Å²) in [5, 5.41) is 0.843. The number of hydrogen-bond donors (Lipinski definition) is 1. The highest BCUT2D eigenvalue weighted by atomic mass is 35.5. The van der Waals surface area contributed by atoms with Gasteiger partial charge in [0, 0.05) is 5.56 Å². The number of nitrogens with two attached hydrogens (primary N) is 1. The Morgan fingerprint density at radius 2 is 2.11 bits per heavy atom. The molecule has 0 aliphatic rings. The van der Waals surface area contributed by atoms with Gasteiger partial charge in [0.15, 0.2) is 0 Å². The predicted octanol–water partition coefficient (Wildman–Crippen LogP) is 4.01. The zero-order valence-electron chi connectivity index (χ0n) is 10.1. The van der Waals surface area contributed by atoms with E-state index in [0.29, 0.717) is 21.2 Å². The molecule has 1 aromatic carbocycles. The van der Waals surface area contributed by atoms with E-state index in [1.54, 1.807) is 25.1 Å². The van der Waals surface area contributed by atoms with Crippen LogP contribution in [0.1, 0.15) is 17.5 Å². The second kappa shape index (κ2) is 5.55. The average Bonchev–Trinajstić information content (AvgIpc) is 2.75. The standard InChI is InChI=1S/C13H11Cl2NO3/c1-2-18-13(17)12-11(16)8(6-19-12)7-3-4-9(14)10(15)5-7/h3-6H,2,16H2,1H3. The van der Waals surface area contributed by atoms with Gasteiger partial charge in [-0.05, 0) is 24.6 Å². The van der Waals surface area contributed by atoms with E-state index in [1.165, 1.54) is 6.26 Å². The summed E-state index contributed by atoms with van der Waals surface area (Å²) in [5.74, 6) is -0.603. The van der Waals surface area contributed by atoms with Crippen molar-refractivity contribution in [1.82, 2.24) is 0 Å². The molecule has 0 aliphatic heterocycles. The maximum atomic E-state index is 11.6. The van der Waals surface area contributed by atoms with E-state index in [1.807, 2.05) is 0 Å². The number of halogens is 2. The number of carbonyl (C=O) groups is 1. The molecule has 0 spiro atoms. The Labute approximate surface area is 120 Å². The lowest BCUT2D eigenvalue weighted by molar-refractivity contribution is 0.0492. The third-order valence-electron chi connectivity index (χ3n) is 2.52. The summed E-state index contributed by atoms with van der Waals surface area (Å²) in [6, 6.07) is 5.04. The van der Waals surface area contributed by atoms with Crippen molar-refractivity contribution in [2.45, 2.75) is 6.92 Å². The van der Waals surface area contributed by atoms with Gasteiger partial charge in [0.1, 0.15) is 6.26 Å². The first-order chi connectivity index (χ1) is 9.04. The summed E-state index contributed by atoms with van der Waals surface area (Å²) in [6.45, 7) is 1.96. The van der Waals surface area contributed by atoms with Crippen LogP contribution >= 0.6 is 23.2 Å². The lowest BCUT2D eigenvalue weighted by Gasteiger charge is -2.02. The quantitative estimate of drug-likeness (QED) is 0.870. The zero-order valence-corrected chi connectivity index (χ0v) is 11.6. The number of furan rings is 1. The highest BCUT2D eigenvalue weighted by molar-refractivity contribution is 6.42. The van der Waals surface area contributed by atoms with Crippen molar-refractivity contribution >= 4 is 34.9 Å². The van der Waals surface area contributed by atoms with Gasteiger partial charge in [-0.1, -0.05) is 29.3 Å². The Bertz CT molecular complexity index is 622. The molecule has 0 saturated carbocycles. The minimum absolute atomic E-state index is 0.0112. The second-order valence-corrected chi connectivity index (χ2v) is 4.56. The van der Waals surface area contributed by atoms with E-state index in [9.17, 15) is 4.79 Å². The fourth-order valence-electron chi connectivity index (χ4n) is 1.61. The molecule has 6 heteroatoms. The van der Waals surface area contributed by atoms with Gasteiger partial charge in [-0.3, -0.25) is 0 Å². The van der Waals surface area contributed by atoms with Crippen LogP contribution < -0.4 is 5.73 Å². The van der Waals surface area contributed by atoms with E-state index in [4.69, 9.17) is 38.1 Å². The predicted molar refractivity (Wildman–Crippen MR) is 74.5 cm³/mol. The molecule has 0 saturated heterocycles. The molecule has 0 unspecified atom stereocenters. The van der Waals surface area contributed by atoms with Gasteiger partial charge in [0.2, 0.25) is 5.76 Å². The van der Waals surface area contributed by atoms with Gasteiger partial charge < -0.3 is 14.9 Å². The minimum Gasteiger partial charge on any atom is -0.460 e. The first-order valence-electron chi connectivity index (χ1n) is 5.54. The third kappa shape index (κ3) is 2.69. The van der Waals surface area contributed by atoms with E-state index in [2.05, 4.69) is 0 Å². The third-order valence-corrected chi connectivity index (χ3v) is 3.26. The van der Waals surface area contributed by atoms with Gasteiger partial charge in [-0.15, -0.1) is 0 Å². The van der Waals surface area contributed by atoms with Crippen molar-refractivity contribution in [3.05, 3.63) is 40.3 Å². The maximum Gasteiger partial charge on any atom is 0.376 e. The molecule has 0 fully saturated rings. The normalized spacial score (nSPS) is 10.5. The average molecular weight is 300 g/mol. The van der Waals surface area contributed by atoms with Gasteiger partial charge >= 0.3 is 5.97 Å². The molecule has 1 aromatic heterocycles. The van der Waals surface area contributed by atoms with E-state index < -0.39 is 5.97 Å². The van der Waals surface area contributed by atoms with Crippen molar-refractivity contribution in [2.24, 2.45) is 0 Å². The number of hydrogen-bond acceptors (Lipinski definition) is 4. The number of rotatable bonds is 3. The Kier molecular flexibility index (Phi) is 4.02. The summed E-state index contributed by atoms with van der Waals surface area (Å²) >= 11 is 11.8. The highest BCUT2D eigenvalue weighted by Crippen LogP contribution is 2.34. The zero-order chi connectivity index (χ0) is 14.0. The molecule has 0 aliphatic carbocycles. The van der Waals surface area contributed by atoms with Crippen LogP contribution in [0, 0.1) is 0 Å². The van der Waals surface area contributed by atoms with Crippen LogP contribution in [0.3, 0.4) is 0 Å². The Balaban J connectivity index is 2.41. The van der Waals surface area contributed by atoms with Crippen molar-refractivity contribution in [3.63, 3.8) is 0 Å². The van der Waals surface area contributed by atoms with Gasteiger partial charge in [-0.25, -0.2) is 4.79 Å². The summed E-state index contributed by atoms with van der Waals surface area (Å²) in [5.41, 5.74) is 7.39. The fraction of sp³-hybridized carbons (Fsp3) is 0.154. The van der Waals surface area contributed by atoms with E-state index >= 15 is 0 Å². The van der Waals surface area contributed by atoms with Crippen molar-refractivity contribution < 1.29 is 13.9 Å². The molecule has 2 N–H and O–H groups in total. The highest BCUT2D eigenvalue weighted by Gasteiger charge is 2.20. The molecular weight excluding hydrogens is 289 g/mol. The topological polar surface area (TPSA) is 65.5 Å². The molecule has 1 heterocycles. The lowest BCUT2D eigenvalue weighted by atomic mass is 10.1. The second-order valence-electron chi connectivity index (χ2n) is 3.74. The molecule has 0 atom stereocenters. The van der Waals surface area contributed by atoms with Crippen LogP contribution in [0.5, 0.6) is 0 Å². The number of carbonyl (C=O) groups excluding carboxylic acids is 1. The molecule has 0 bridgehead atoms. The summed E-state index contributed by atoms with van der Waals surface area (Å²) < 4.78 is 10.00. The smallest absolute Gasteiger partial charge is 0.376 e. The van der Waals surface area contributed by atoms with Crippen molar-refractivity contribution in [2.75, 3.05) is 12.3 Å².